The molecule has 1 aromatic carbocycles. The van der Waals surface area contributed by atoms with Crippen molar-refractivity contribution < 1.29 is 9.72 Å². The molecule has 2 aromatic rings. The fourth-order valence-corrected chi connectivity index (χ4v) is 1.65. The van der Waals surface area contributed by atoms with Crippen molar-refractivity contribution in [2.75, 3.05) is 0 Å². The SMILES string of the molecule is Cn1nncc1C(=O)c1cc(Cl)ccc1[N+](=O)[O-]. The van der Waals surface area contributed by atoms with Crippen LogP contribution < -0.4 is 0 Å². The summed E-state index contributed by atoms with van der Waals surface area (Å²) in [5.74, 6) is -0.545. The number of halogens is 1. The van der Waals surface area contributed by atoms with Gasteiger partial charge in [-0.3, -0.25) is 14.9 Å². The summed E-state index contributed by atoms with van der Waals surface area (Å²) in [5.41, 5.74) is -0.233. The maximum Gasteiger partial charge on any atom is 0.280 e. The maximum absolute atomic E-state index is 12.1. The Bertz CT molecular complexity index is 638. The molecule has 0 fully saturated rings. The van der Waals surface area contributed by atoms with Gasteiger partial charge in [0.15, 0.2) is 0 Å². The van der Waals surface area contributed by atoms with Crippen LogP contribution in [0.1, 0.15) is 16.1 Å². The van der Waals surface area contributed by atoms with Gasteiger partial charge in [-0.25, -0.2) is 4.68 Å². The Morgan fingerprint density at radius 3 is 2.78 bits per heavy atom. The van der Waals surface area contributed by atoms with E-state index < -0.39 is 10.7 Å². The molecule has 1 aromatic heterocycles. The van der Waals surface area contributed by atoms with E-state index in [9.17, 15) is 14.9 Å². The molecular formula is C10H7ClN4O3. The van der Waals surface area contributed by atoms with Crippen molar-refractivity contribution in [3.63, 3.8) is 0 Å². The molecule has 7 nitrogen and oxygen atoms in total. The van der Waals surface area contributed by atoms with Gasteiger partial charge in [0.2, 0.25) is 5.78 Å². The van der Waals surface area contributed by atoms with Crippen LogP contribution in [0.15, 0.2) is 24.4 Å². The van der Waals surface area contributed by atoms with Crippen molar-refractivity contribution in [1.82, 2.24) is 15.0 Å². The van der Waals surface area contributed by atoms with Gasteiger partial charge >= 0.3 is 0 Å². The average molecular weight is 267 g/mol. The number of hydrogen-bond acceptors (Lipinski definition) is 5. The zero-order chi connectivity index (χ0) is 13.3. The molecule has 0 spiro atoms. The summed E-state index contributed by atoms with van der Waals surface area (Å²) in [5, 5.41) is 18.3. The van der Waals surface area contributed by atoms with E-state index in [1.807, 2.05) is 0 Å². The highest BCUT2D eigenvalue weighted by Gasteiger charge is 2.23. The molecule has 92 valence electrons. The van der Waals surface area contributed by atoms with Gasteiger partial charge in [0.1, 0.15) is 11.3 Å². The number of aryl methyl sites for hydroxylation is 1. The number of carbonyl (C=O) groups is 1. The number of rotatable bonds is 3. The Morgan fingerprint density at radius 2 is 2.22 bits per heavy atom. The molecule has 0 bridgehead atoms. The monoisotopic (exact) mass is 266 g/mol. The van der Waals surface area contributed by atoms with Crippen molar-refractivity contribution in [3.05, 3.63) is 50.8 Å². The quantitative estimate of drug-likeness (QED) is 0.478. The molecule has 0 saturated carbocycles. The molecule has 0 amide bonds. The summed E-state index contributed by atoms with van der Waals surface area (Å²) < 4.78 is 1.24. The van der Waals surface area contributed by atoms with Crippen molar-refractivity contribution in [1.29, 1.82) is 0 Å². The molecule has 8 heteroatoms. The van der Waals surface area contributed by atoms with E-state index in [0.29, 0.717) is 0 Å². The van der Waals surface area contributed by atoms with E-state index in [4.69, 9.17) is 11.6 Å². The van der Waals surface area contributed by atoms with Crippen LogP contribution in [0, 0.1) is 10.1 Å². The highest BCUT2D eigenvalue weighted by molar-refractivity contribution is 6.31. The van der Waals surface area contributed by atoms with Crippen LogP contribution in [0.5, 0.6) is 0 Å². The Morgan fingerprint density at radius 1 is 1.50 bits per heavy atom. The third kappa shape index (κ3) is 2.07. The van der Waals surface area contributed by atoms with Gasteiger partial charge in [0.25, 0.3) is 5.69 Å². The second-order valence-electron chi connectivity index (χ2n) is 3.49. The summed E-state index contributed by atoms with van der Waals surface area (Å²) in [7, 11) is 1.52. The Balaban J connectivity index is 2.57. The fourth-order valence-electron chi connectivity index (χ4n) is 1.48. The Hall–Kier alpha value is -2.28. The predicted molar refractivity (Wildman–Crippen MR) is 62.5 cm³/mol. The first-order chi connectivity index (χ1) is 8.50. The van der Waals surface area contributed by atoms with E-state index in [0.717, 1.165) is 0 Å². The van der Waals surface area contributed by atoms with Crippen molar-refractivity contribution in [3.8, 4) is 0 Å². The molecule has 0 atom stereocenters. The molecule has 0 aliphatic rings. The van der Waals surface area contributed by atoms with Gasteiger partial charge in [-0.1, -0.05) is 16.8 Å². The second-order valence-corrected chi connectivity index (χ2v) is 3.93. The van der Waals surface area contributed by atoms with Crippen LogP contribution in [0.3, 0.4) is 0 Å². The molecule has 0 unspecified atom stereocenters. The minimum Gasteiger partial charge on any atom is -0.287 e. The Labute approximate surface area is 106 Å². The number of nitro benzene ring substituents is 1. The molecule has 0 aliphatic heterocycles. The van der Waals surface area contributed by atoms with Gasteiger partial charge in [-0.05, 0) is 12.1 Å². The predicted octanol–water partition coefficient (Wildman–Crippen LogP) is 1.61. The Kier molecular flexibility index (Phi) is 3.07. The van der Waals surface area contributed by atoms with Crippen LogP contribution in [0.2, 0.25) is 5.02 Å². The minimum atomic E-state index is -0.632. The first-order valence-corrected chi connectivity index (χ1v) is 5.22. The number of carbonyl (C=O) groups excluding carboxylic acids is 1. The zero-order valence-electron chi connectivity index (χ0n) is 9.20. The van der Waals surface area contributed by atoms with Crippen molar-refractivity contribution >= 4 is 23.1 Å². The number of ketones is 1. The van der Waals surface area contributed by atoms with Crippen LogP contribution in [0.4, 0.5) is 5.69 Å². The molecule has 2 rings (SSSR count). The minimum absolute atomic E-state index is 0.0853. The van der Waals surface area contributed by atoms with E-state index in [1.165, 1.54) is 36.1 Å². The molecule has 0 saturated heterocycles. The summed E-state index contributed by atoms with van der Waals surface area (Å²) >= 11 is 5.75. The van der Waals surface area contributed by atoms with E-state index in [2.05, 4.69) is 10.3 Å². The molecule has 0 N–H and O–H groups in total. The maximum atomic E-state index is 12.1. The smallest absolute Gasteiger partial charge is 0.280 e. The van der Waals surface area contributed by atoms with Crippen molar-refractivity contribution in [2.24, 2.45) is 7.05 Å². The number of benzene rings is 1. The fraction of sp³-hybridized carbons (Fsp3) is 0.100. The number of nitro groups is 1. The lowest BCUT2D eigenvalue weighted by Gasteiger charge is -2.02. The lowest BCUT2D eigenvalue weighted by molar-refractivity contribution is -0.385. The lowest BCUT2D eigenvalue weighted by atomic mass is 10.1. The molecule has 0 radical (unpaired) electrons. The van der Waals surface area contributed by atoms with Gasteiger partial charge in [0.05, 0.1) is 11.1 Å². The zero-order valence-corrected chi connectivity index (χ0v) is 9.96. The van der Waals surface area contributed by atoms with Crippen LogP contribution in [-0.4, -0.2) is 25.7 Å². The first kappa shape index (κ1) is 12.2. The lowest BCUT2D eigenvalue weighted by Crippen LogP contribution is -2.10. The molecule has 0 aliphatic carbocycles. The largest absolute Gasteiger partial charge is 0.287 e. The third-order valence-electron chi connectivity index (χ3n) is 2.35. The average Bonchev–Trinajstić information content (AvgIpc) is 2.74. The number of nitrogens with zero attached hydrogens (tertiary/aromatic N) is 4. The van der Waals surface area contributed by atoms with Crippen LogP contribution in [0.25, 0.3) is 0 Å². The third-order valence-corrected chi connectivity index (χ3v) is 2.58. The highest BCUT2D eigenvalue weighted by Crippen LogP contribution is 2.24. The molecular weight excluding hydrogens is 260 g/mol. The van der Waals surface area contributed by atoms with Gasteiger partial charge in [-0.2, -0.15) is 0 Å². The summed E-state index contributed by atoms with van der Waals surface area (Å²) in [6.45, 7) is 0. The van der Waals surface area contributed by atoms with Gasteiger partial charge in [-0.15, -0.1) is 5.10 Å². The van der Waals surface area contributed by atoms with Gasteiger partial charge < -0.3 is 0 Å². The second kappa shape index (κ2) is 4.53. The summed E-state index contributed by atoms with van der Waals surface area (Å²) in [6, 6.07) is 3.81. The van der Waals surface area contributed by atoms with E-state index in [1.54, 1.807) is 0 Å². The number of aromatic nitrogens is 3. The molecule has 1 heterocycles. The number of hydrogen-bond donors (Lipinski definition) is 0. The normalized spacial score (nSPS) is 10.3. The standard InChI is InChI=1S/C10H7ClN4O3/c1-14-9(5-12-13-14)10(16)7-4-6(11)2-3-8(7)15(17)18/h2-5H,1H3. The summed E-state index contributed by atoms with van der Waals surface area (Å²) in [4.78, 5) is 22.4. The summed E-state index contributed by atoms with van der Waals surface area (Å²) in [6.07, 6.45) is 1.24. The van der Waals surface area contributed by atoms with E-state index in [-0.39, 0.29) is 22.0 Å². The van der Waals surface area contributed by atoms with Crippen LogP contribution in [-0.2, 0) is 7.05 Å². The molecule has 18 heavy (non-hydrogen) atoms. The highest BCUT2D eigenvalue weighted by atomic mass is 35.5. The van der Waals surface area contributed by atoms with E-state index >= 15 is 0 Å². The van der Waals surface area contributed by atoms with Crippen molar-refractivity contribution in [2.45, 2.75) is 0 Å². The topological polar surface area (TPSA) is 90.9 Å². The first-order valence-electron chi connectivity index (χ1n) is 4.84. The van der Waals surface area contributed by atoms with Gasteiger partial charge in [0, 0.05) is 18.1 Å². The van der Waals surface area contributed by atoms with Crippen LogP contribution >= 0.6 is 11.6 Å².